The van der Waals surface area contributed by atoms with Crippen molar-refractivity contribution in [2.75, 3.05) is 14.2 Å². The molecule has 1 unspecified atom stereocenters. The van der Waals surface area contributed by atoms with Crippen LogP contribution >= 0.6 is 0 Å². The maximum atomic E-state index is 6.64. The van der Waals surface area contributed by atoms with Crippen LogP contribution in [0.3, 0.4) is 0 Å². The van der Waals surface area contributed by atoms with Gasteiger partial charge in [0.1, 0.15) is 11.5 Å². The Bertz CT molecular complexity index is 581. The number of benzene rings is 2. The van der Waals surface area contributed by atoms with E-state index in [4.69, 9.17) is 15.2 Å². The van der Waals surface area contributed by atoms with Crippen LogP contribution in [-0.4, -0.2) is 14.2 Å². The summed E-state index contributed by atoms with van der Waals surface area (Å²) in [6.07, 6.45) is 1.01. The van der Waals surface area contributed by atoms with Gasteiger partial charge in [0.15, 0.2) is 0 Å². The van der Waals surface area contributed by atoms with Gasteiger partial charge in [-0.2, -0.15) is 0 Å². The van der Waals surface area contributed by atoms with E-state index in [1.807, 2.05) is 25.1 Å². The van der Waals surface area contributed by atoms with Crippen molar-refractivity contribution in [3.63, 3.8) is 0 Å². The van der Waals surface area contributed by atoms with Crippen molar-refractivity contribution in [2.45, 2.75) is 25.8 Å². The zero-order chi connectivity index (χ0) is 15.5. The summed E-state index contributed by atoms with van der Waals surface area (Å²) >= 11 is 0. The molecule has 1 atom stereocenters. The molecule has 2 N–H and O–H groups in total. The quantitative estimate of drug-likeness (QED) is 0.914. The lowest BCUT2D eigenvalue weighted by Crippen LogP contribution is -2.35. The average molecular weight is 285 g/mol. The molecular formula is C18H23NO2. The molecule has 3 nitrogen and oxygen atoms in total. The standard InChI is InChI=1S/C18H23NO2/c1-5-13-9-11-14(12-10-13)18(2,19)17-15(20-3)7-6-8-16(17)21-4/h6-12H,5,19H2,1-4H3. The topological polar surface area (TPSA) is 44.5 Å². The normalized spacial score (nSPS) is 13.6. The monoisotopic (exact) mass is 285 g/mol. The van der Waals surface area contributed by atoms with Gasteiger partial charge in [-0.1, -0.05) is 37.3 Å². The van der Waals surface area contributed by atoms with E-state index in [1.54, 1.807) is 14.2 Å². The van der Waals surface area contributed by atoms with Crippen LogP contribution in [0.5, 0.6) is 11.5 Å². The summed E-state index contributed by atoms with van der Waals surface area (Å²) in [5.74, 6) is 1.47. The molecule has 0 spiro atoms. The molecule has 0 aliphatic rings. The molecule has 3 heteroatoms. The second-order valence-electron chi connectivity index (χ2n) is 5.29. The first-order valence-corrected chi connectivity index (χ1v) is 7.14. The van der Waals surface area contributed by atoms with Gasteiger partial charge in [-0.15, -0.1) is 0 Å². The van der Waals surface area contributed by atoms with Crippen molar-refractivity contribution >= 4 is 0 Å². The molecule has 0 fully saturated rings. The van der Waals surface area contributed by atoms with Crippen molar-refractivity contribution in [3.8, 4) is 11.5 Å². The number of hydrogen-bond donors (Lipinski definition) is 1. The highest BCUT2D eigenvalue weighted by Gasteiger charge is 2.30. The fourth-order valence-corrected chi connectivity index (χ4v) is 2.59. The SMILES string of the molecule is CCc1ccc(C(C)(N)c2c(OC)cccc2OC)cc1. The molecule has 0 aromatic heterocycles. The van der Waals surface area contributed by atoms with Gasteiger partial charge in [0.05, 0.1) is 25.3 Å². The minimum absolute atomic E-state index is 0.690. The number of nitrogens with two attached hydrogens (primary N) is 1. The second kappa shape index (κ2) is 6.19. The lowest BCUT2D eigenvalue weighted by molar-refractivity contribution is 0.369. The summed E-state index contributed by atoms with van der Waals surface area (Å²) in [7, 11) is 3.29. The number of hydrogen-bond acceptors (Lipinski definition) is 3. The lowest BCUT2D eigenvalue weighted by Gasteiger charge is -2.29. The summed E-state index contributed by atoms with van der Waals surface area (Å²) < 4.78 is 11.0. The van der Waals surface area contributed by atoms with Gasteiger partial charge < -0.3 is 15.2 Å². The van der Waals surface area contributed by atoms with Gasteiger partial charge in [0.25, 0.3) is 0 Å². The first kappa shape index (κ1) is 15.4. The summed E-state index contributed by atoms with van der Waals surface area (Å²) in [4.78, 5) is 0. The predicted molar refractivity (Wildman–Crippen MR) is 86.0 cm³/mol. The van der Waals surface area contributed by atoms with E-state index in [9.17, 15) is 0 Å². The zero-order valence-corrected chi connectivity index (χ0v) is 13.1. The maximum absolute atomic E-state index is 6.64. The van der Waals surface area contributed by atoms with Crippen LogP contribution in [0.1, 0.15) is 30.5 Å². The summed E-state index contributed by atoms with van der Waals surface area (Å²) in [6.45, 7) is 4.12. The van der Waals surface area contributed by atoms with Crippen LogP contribution in [0.15, 0.2) is 42.5 Å². The van der Waals surface area contributed by atoms with Crippen molar-refractivity contribution in [2.24, 2.45) is 5.73 Å². The highest BCUT2D eigenvalue weighted by Crippen LogP contribution is 2.39. The number of ether oxygens (including phenoxy) is 2. The fraction of sp³-hybridized carbons (Fsp3) is 0.333. The maximum Gasteiger partial charge on any atom is 0.127 e. The van der Waals surface area contributed by atoms with Crippen LogP contribution in [0, 0.1) is 0 Å². The molecule has 0 aliphatic carbocycles. The number of aryl methyl sites for hydroxylation is 1. The molecule has 2 rings (SSSR count). The molecule has 112 valence electrons. The summed E-state index contributed by atoms with van der Waals surface area (Å²) in [5, 5.41) is 0. The molecule has 0 heterocycles. The Morgan fingerprint density at radius 3 is 1.90 bits per heavy atom. The largest absolute Gasteiger partial charge is 0.496 e. The highest BCUT2D eigenvalue weighted by atomic mass is 16.5. The third kappa shape index (κ3) is 2.88. The van der Waals surface area contributed by atoms with Crippen molar-refractivity contribution in [3.05, 3.63) is 59.2 Å². The van der Waals surface area contributed by atoms with Gasteiger partial charge >= 0.3 is 0 Å². The van der Waals surface area contributed by atoms with Crippen LogP contribution in [-0.2, 0) is 12.0 Å². The van der Waals surface area contributed by atoms with Gasteiger partial charge in [-0.25, -0.2) is 0 Å². The molecule has 0 bridgehead atoms. The average Bonchev–Trinajstić information content (AvgIpc) is 2.53. The summed E-state index contributed by atoms with van der Waals surface area (Å²) in [6, 6.07) is 14.1. The van der Waals surface area contributed by atoms with Crippen LogP contribution in [0.25, 0.3) is 0 Å². The molecule has 2 aromatic rings. The Labute approximate surface area is 126 Å². The van der Waals surface area contributed by atoms with E-state index in [-0.39, 0.29) is 0 Å². The minimum atomic E-state index is -0.690. The van der Waals surface area contributed by atoms with Gasteiger partial charge in [0, 0.05) is 0 Å². The van der Waals surface area contributed by atoms with E-state index in [1.165, 1.54) is 5.56 Å². The molecule has 0 amide bonds. The third-order valence-corrected chi connectivity index (χ3v) is 3.91. The molecule has 0 radical (unpaired) electrons. The van der Waals surface area contributed by atoms with Gasteiger partial charge in [0.2, 0.25) is 0 Å². The van der Waals surface area contributed by atoms with Gasteiger partial charge in [-0.3, -0.25) is 0 Å². The second-order valence-corrected chi connectivity index (χ2v) is 5.29. The molecule has 2 aromatic carbocycles. The molecule has 0 saturated heterocycles. The van der Waals surface area contributed by atoms with Crippen LogP contribution in [0.4, 0.5) is 0 Å². The first-order chi connectivity index (χ1) is 10.0. The molecule has 21 heavy (non-hydrogen) atoms. The van der Waals surface area contributed by atoms with Crippen molar-refractivity contribution in [1.29, 1.82) is 0 Å². The van der Waals surface area contributed by atoms with Crippen molar-refractivity contribution < 1.29 is 9.47 Å². The Morgan fingerprint density at radius 2 is 1.48 bits per heavy atom. The molecule has 0 aliphatic heterocycles. The van der Waals surface area contributed by atoms with E-state index in [0.717, 1.165) is 29.0 Å². The lowest BCUT2D eigenvalue weighted by atomic mass is 9.84. The highest BCUT2D eigenvalue weighted by molar-refractivity contribution is 5.53. The van der Waals surface area contributed by atoms with E-state index < -0.39 is 5.54 Å². The fourth-order valence-electron chi connectivity index (χ4n) is 2.59. The molecular weight excluding hydrogens is 262 g/mol. The summed E-state index contributed by atoms with van der Waals surface area (Å²) in [5.41, 5.74) is 9.14. The minimum Gasteiger partial charge on any atom is -0.496 e. The Morgan fingerprint density at radius 1 is 0.952 bits per heavy atom. The Kier molecular flexibility index (Phi) is 4.53. The zero-order valence-electron chi connectivity index (χ0n) is 13.1. The van der Waals surface area contributed by atoms with Crippen LogP contribution < -0.4 is 15.2 Å². The smallest absolute Gasteiger partial charge is 0.127 e. The first-order valence-electron chi connectivity index (χ1n) is 7.14. The van der Waals surface area contributed by atoms with Crippen molar-refractivity contribution in [1.82, 2.24) is 0 Å². The molecule has 0 saturated carbocycles. The van der Waals surface area contributed by atoms with Crippen LogP contribution in [0.2, 0.25) is 0 Å². The number of rotatable bonds is 5. The van der Waals surface area contributed by atoms with E-state index in [0.29, 0.717) is 0 Å². The Hall–Kier alpha value is -2.00. The van der Waals surface area contributed by atoms with Gasteiger partial charge in [-0.05, 0) is 36.6 Å². The number of methoxy groups -OCH3 is 2. The third-order valence-electron chi connectivity index (χ3n) is 3.91. The van der Waals surface area contributed by atoms with E-state index >= 15 is 0 Å². The van der Waals surface area contributed by atoms with E-state index in [2.05, 4.69) is 31.2 Å². The predicted octanol–water partition coefficient (Wildman–Crippen LogP) is 3.49. The Balaban J connectivity index is 2.56.